The van der Waals surface area contributed by atoms with Crippen LogP contribution in [0.5, 0.6) is 0 Å². The molecule has 0 amide bonds. The Balaban J connectivity index is 0.000000259. The molecule has 1 aliphatic rings. The van der Waals surface area contributed by atoms with Crippen molar-refractivity contribution in [3.8, 4) is 21.7 Å². The summed E-state index contributed by atoms with van der Waals surface area (Å²) in [5.41, 5.74) is 8.01. The van der Waals surface area contributed by atoms with Gasteiger partial charge in [-0.2, -0.15) is 0 Å². The number of para-hydroxylation sites is 1. The quantitative estimate of drug-likeness (QED) is 0.0681. The fourth-order valence-electron chi connectivity index (χ4n) is 7.62. The summed E-state index contributed by atoms with van der Waals surface area (Å²) in [6, 6.07) is 32.3. The van der Waals surface area contributed by atoms with Gasteiger partial charge in [-0.3, -0.25) is 9.78 Å². The molecule has 2 heterocycles. The molecule has 4 aromatic carbocycles. The maximum Gasteiger partial charge on any atom is 0.164 e. The zero-order valence-electron chi connectivity index (χ0n) is 33.0. The molecule has 53 heavy (non-hydrogen) atoms. The van der Waals surface area contributed by atoms with Crippen molar-refractivity contribution in [2.45, 2.75) is 106 Å². The van der Waals surface area contributed by atoms with Crippen molar-refractivity contribution in [3.05, 3.63) is 113 Å². The van der Waals surface area contributed by atoms with E-state index in [1.165, 1.54) is 59.5 Å². The van der Waals surface area contributed by atoms with Gasteiger partial charge in [0.1, 0.15) is 5.76 Å². The normalized spacial score (nSPS) is 13.8. The minimum Gasteiger partial charge on any atom is -0.512 e. The molecule has 7 rings (SSSR count). The van der Waals surface area contributed by atoms with Crippen LogP contribution in [0.1, 0.15) is 118 Å². The van der Waals surface area contributed by atoms with Crippen LogP contribution in [0.3, 0.4) is 0 Å². The number of nitrogens with zero attached hydrogens (tertiary/aromatic N) is 1. The minimum absolute atomic E-state index is 0. The number of pyridine rings is 1. The van der Waals surface area contributed by atoms with Gasteiger partial charge in [0, 0.05) is 47.1 Å². The predicted molar refractivity (Wildman–Crippen MR) is 224 cm³/mol. The zero-order chi connectivity index (χ0) is 37.6. The number of hydrogen-bond acceptors (Lipinski definition) is 4. The minimum atomic E-state index is -0.337. The summed E-state index contributed by atoms with van der Waals surface area (Å²) in [6.07, 6.45) is 4.75. The Morgan fingerprint density at radius 3 is 2.11 bits per heavy atom. The van der Waals surface area contributed by atoms with Crippen LogP contribution in [-0.4, -0.2) is 15.9 Å². The van der Waals surface area contributed by atoms with Gasteiger partial charge in [-0.15, -0.1) is 40.7 Å². The molecule has 0 bridgehead atoms. The number of hydrogen-bond donors (Lipinski definition) is 1. The van der Waals surface area contributed by atoms with Crippen LogP contribution >= 0.6 is 11.3 Å². The van der Waals surface area contributed by atoms with Crippen LogP contribution in [-0.2, 0) is 30.3 Å². The monoisotopic (exact) mass is 901 g/mol. The van der Waals surface area contributed by atoms with E-state index in [0.29, 0.717) is 5.92 Å². The van der Waals surface area contributed by atoms with Crippen molar-refractivity contribution in [2.75, 3.05) is 0 Å². The number of carbonyl (C=O) groups excluding carboxylic acids is 1. The van der Waals surface area contributed by atoms with Crippen molar-refractivity contribution < 1.29 is 30.0 Å². The number of benzene rings is 4. The van der Waals surface area contributed by atoms with E-state index in [2.05, 4.69) is 113 Å². The third kappa shape index (κ3) is 7.06. The third-order valence-corrected chi connectivity index (χ3v) is 13.5. The summed E-state index contributed by atoms with van der Waals surface area (Å²) < 4.78 is 1.35. The second kappa shape index (κ2) is 15.6. The van der Waals surface area contributed by atoms with E-state index in [1.54, 1.807) is 0 Å². The standard InChI is InChI=1S/C33H26NS.C15H28O2.Ir/c1-19(2)20-16-17-22-25(18-20)21-10-5-7-14-27(21)34-31(22)24-12-9-13-26-29(24)32-30(33(26,3)4)23-11-6-8-15-28(23)35-32;1-7-14(5,8-2)12(16)11-13(17)15(6,9-3)10-4;/h5-11,13-19H,1-4H3;11,16H,7-10H2,1-6H3;/q-1;;/b;12-11-;. The van der Waals surface area contributed by atoms with E-state index in [9.17, 15) is 9.90 Å². The maximum atomic E-state index is 12.2. The maximum absolute atomic E-state index is 12.2. The van der Waals surface area contributed by atoms with Gasteiger partial charge in [0.2, 0.25) is 0 Å². The number of ketones is 1. The smallest absolute Gasteiger partial charge is 0.164 e. The number of fused-ring (bicyclic) bond motifs is 8. The number of allylic oxidation sites excluding steroid dienone is 2. The molecule has 1 radical (unpaired) electrons. The van der Waals surface area contributed by atoms with Crippen LogP contribution in [0, 0.1) is 16.9 Å². The first-order chi connectivity index (χ1) is 24.7. The molecule has 0 atom stereocenters. The van der Waals surface area contributed by atoms with Gasteiger partial charge in [-0.05, 0) is 87.0 Å². The average Bonchev–Trinajstić information content (AvgIpc) is 3.66. The largest absolute Gasteiger partial charge is 0.512 e. The summed E-state index contributed by atoms with van der Waals surface area (Å²) in [4.78, 5) is 18.8. The molecule has 6 aromatic rings. The van der Waals surface area contributed by atoms with E-state index in [4.69, 9.17) is 4.98 Å². The summed E-state index contributed by atoms with van der Waals surface area (Å²) >= 11 is 1.91. The molecule has 5 heteroatoms. The van der Waals surface area contributed by atoms with E-state index < -0.39 is 0 Å². The van der Waals surface area contributed by atoms with Crippen molar-refractivity contribution >= 4 is 48.9 Å². The Morgan fingerprint density at radius 1 is 0.849 bits per heavy atom. The zero-order valence-corrected chi connectivity index (χ0v) is 36.2. The summed E-state index contributed by atoms with van der Waals surface area (Å²) in [5.74, 6) is 0.762. The van der Waals surface area contributed by atoms with Gasteiger partial charge in [-0.1, -0.05) is 129 Å². The molecule has 0 aliphatic heterocycles. The van der Waals surface area contributed by atoms with Crippen molar-refractivity contribution in [1.82, 2.24) is 4.98 Å². The first-order valence-electron chi connectivity index (χ1n) is 19.1. The van der Waals surface area contributed by atoms with Crippen LogP contribution in [0.2, 0.25) is 0 Å². The fourth-order valence-corrected chi connectivity index (χ4v) is 9.05. The topological polar surface area (TPSA) is 50.2 Å². The second-order valence-corrected chi connectivity index (χ2v) is 17.0. The van der Waals surface area contributed by atoms with Gasteiger partial charge < -0.3 is 5.11 Å². The Kier molecular flexibility index (Phi) is 11.9. The molecule has 0 fully saturated rings. The van der Waals surface area contributed by atoms with Gasteiger partial charge in [0.15, 0.2) is 5.78 Å². The van der Waals surface area contributed by atoms with Gasteiger partial charge >= 0.3 is 0 Å². The predicted octanol–water partition coefficient (Wildman–Crippen LogP) is 14.1. The molecular weight excluding hydrogens is 847 g/mol. The van der Waals surface area contributed by atoms with Gasteiger partial charge in [0.05, 0.1) is 5.52 Å². The molecule has 0 spiro atoms. The van der Waals surface area contributed by atoms with E-state index in [1.807, 2.05) is 52.9 Å². The molecular formula is C48H54IrNO2S-. The van der Waals surface area contributed by atoms with Crippen LogP contribution in [0.15, 0.2) is 90.7 Å². The SMILES string of the molecule is CC(C)c1ccc2c(-c3[c-]ccc4c3-c3sc5ccccc5c3C4(C)C)nc3ccccc3c2c1.CCC(C)(CC)C(=O)/C=C(\O)C(C)(CC)CC.[Ir]. The Labute approximate surface area is 334 Å². The molecule has 0 unspecified atom stereocenters. The molecule has 3 nitrogen and oxygen atoms in total. The first kappa shape index (κ1) is 40.6. The number of aliphatic hydroxyl groups is 1. The second-order valence-electron chi connectivity index (χ2n) is 15.9. The van der Waals surface area contributed by atoms with E-state index in [-0.39, 0.29) is 47.9 Å². The van der Waals surface area contributed by atoms with E-state index >= 15 is 0 Å². The number of aliphatic hydroxyl groups excluding tert-OH is 1. The third-order valence-electron chi connectivity index (χ3n) is 12.3. The number of thiophene rings is 1. The Hall–Kier alpha value is -3.63. The van der Waals surface area contributed by atoms with Crippen molar-refractivity contribution in [3.63, 3.8) is 0 Å². The van der Waals surface area contributed by atoms with Crippen LogP contribution in [0.25, 0.3) is 53.5 Å². The first-order valence-corrected chi connectivity index (χ1v) is 19.9. The molecule has 0 saturated carbocycles. The molecule has 2 aromatic heterocycles. The Bertz CT molecular complexity index is 2320. The number of aromatic nitrogens is 1. The summed E-state index contributed by atoms with van der Waals surface area (Å²) in [6.45, 7) is 21.3. The van der Waals surface area contributed by atoms with Crippen molar-refractivity contribution in [2.24, 2.45) is 10.8 Å². The summed E-state index contributed by atoms with van der Waals surface area (Å²) in [5, 5.41) is 15.2. The molecule has 0 saturated heterocycles. The summed E-state index contributed by atoms with van der Waals surface area (Å²) in [7, 11) is 0. The fraction of sp³-hybridized carbons (Fsp3) is 0.375. The number of rotatable bonds is 9. The van der Waals surface area contributed by atoms with E-state index in [0.717, 1.165) is 42.5 Å². The van der Waals surface area contributed by atoms with Crippen LogP contribution < -0.4 is 0 Å². The number of carbonyl (C=O) groups is 1. The Morgan fingerprint density at radius 2 is 1.47 bits per heavy atom. The molecule has 1 aliphatic carbocycles. The van der Waals surface area contributed by atoms with Gasteiger partial charge in [0.25, 0.3) is 0 Å². The van der Waals surface area contributed by atoms with Gasteiger partial charge in [-0.25, -0.2) is 0 Å². The molecule has 279 valence electrons. The average molecular weight is 901 g/mol. The van der Waals surface area contributed by atoms with Crippen LogP contribution in [0.4, 0.5) is 0 Å². The van der Waals surface area contributed by atoms with Crippen molar-refractivity contribution in [1.29, 1.82) is 0 Å². The molecule has 1 N–H and O–H groups in total.